The number of anilines is 3. The van der Waals surface area contributed by atoms with Crippen molar-refractivity contribution in [2.45, 2.75) is 0 Å². The first-order valence-electron chi connectivity index (χ1n) is 18.9. The highest BCUT2D eigenvalue weighted by Crippen LogP contribution is 2.48. The van der Waals surface area contributed by atoms with Crippen molar-refractivity contribution < 1.29 is 0 Å². The van der Waals surface area contributed by atoms with Gasteiger partial charge in [-0.3, -0.25) is 0 Å². The summed E-state index contributed by atoms with van der Waals surface area (Å²) in [4.78, 5) is 2.48. The molecule has 0 unspecified atom stereocenters. The molecule has 0 radical (unpaired) electrons. The van der Waals surface area contributed by atoms with Crippen LogP contribution in [-0.4, -0.2) is 0 Å². The molecular weight excluding hydrogens is 663 g/mol. The molecule has 10 aromatic carbocycles. The van der Waals surface area contributed by atoms with Crippen LogP contribution in [0.2, 0.25) is 0 Å². The first-order valence-corrected chi connectivity index (χ1v) is 18.9. The van der Waals surface area contributed by atoms with Crippen molar-refractivity contribution in [3.8, 4) is 44.5 Å². The van der Waals surface area contributed by atoms with Crippen LogP contribution in [0.4, 0.5) is 17.1 Å². The molecule has 0 aliphatic heterocycles. The summed E-state index contributed by atoms with van der Waals surface area (Å²) in [5.74, 6) is 0. The lowest BCUT2D eigenvalue weighted by atomic mass is 9.92. The van der Waals surface area contributed by atoms with Gasteiger partial charge >= 0.3 is 0 Å². The maximum atomic E-state index is 2.48. The number of hydrogen-bond donors (Lipinski definition) is 0. The van der Waals surface area contributed by atoms with Gasteiger partial charge in [-0.1, -0.05) is 194 Å². The molecule has 0 saturated carbocycles. The molecule has 0 spiro atoms. The summed E-state index contributed by atoms with van der Waals surface area (Å²) in [5, 5.41) is 7.48. The molecule has 0 fully saturated rings. The topological polar surface area (TPSA) is 3.24 Å². The Kier molecular flexibility index (Phi) is 8.24. The number of fused-ring (bicyclic) bond motifs is 4. The van der Waals surface area contributed by atoms with E-state index < -0.39 is 0 Å². The first kappa shape index (κ1) is 32.4. The predicted octanol–water partition coefficient (Wildman–Crippen LogP) is 15.3. The van der Waals surface area contributed by atoms with Gasteiger partial charge in [-0.15, -0.1) is 0 Å². The van der Waals surface area contributed by atoms with Crippen LogP contribution in [0, 0.1) is 0 Å². The van der Waals surface area contributed by atoms with E-state index in [4.69, 9.17) is 0 Å². The van der Waals surface area contributed by atoms with Crippen molar-refractivity contribution in [3.63, 3.8) is 0 Å². The zero-order chi connectivity index (χ0) is 36.6. The van der Waals surface area contributed by atoms with E-state index in [9.17, 15) is 0 Å². The third kappa shape index (κ3) is 5.93. The quantitative estimate of drug-likeness (QED) is 0.150. The van der Waals surface area contributed by atoms with Crippen molar-refractivity contribution >= 4 is 49.4 Å². The molecule has 1 nitrogen and oxygen atoms in total. The van der Waals surface area contributed by atoms with Crippen LogP contribution in [0.25, 0.3) is 76.8 Å². The second-order valence-corrected chi connectivity index (χ2v) is 14.1. The molecule has 0 bridgehead atoms. The molecule has 0 saturated heterocycles. The Morgan fingerprint density at radius 2 is 0.818 bits per heavy atom. The molecule has 0 heterocycles. The molecule has 10 aromatic rings. The lowest BCUT2D eigenvalue weighted by molar-refractivity contribution is 1.28. The average molecular weight is 700 g/mol. The molecule has 1 heteroatoms. The van der Waals surface area contributed by atoms with Crippen LogP contribution < -0.4 is 4.90 Å². The van der Waals surface area contributed by atoms with Gasteiger partial charge in [0.2, 0.25) is 0 Å². The van der Waals surface area contributed by atoms with Crippen molar-refractivity contribution in [2.24, 2.45) is 0 Å². The summed E-state index contributed by atoms with van der Waals surface area (Å²) in [6.07, 6.45) is 0. The number of rotatable bonds is 7. The second kappa shape index (κ2) is 14.0. The van der Waals surface area contributed by atoms with E-state index >= 15 is 0 Å². The van der Waals surface area contributed by atoms with Crippen LogP contribution in [0.1, 0.15) is 0 Å². The average Bonchev–Trinajstić information content (AvgIpc) is 3.27. The van der Waals surface area contributed by atoms with E-state index in [1.165, 1.54) is 71.3 Å². The van der Waals surface area contributed by atoms with Crippen LogP contribution in [0.5, 0.6) is 0 Å². The number of benzene rings is 10. The van der Waals surface area contributed by atoms with E-state index in [1.54, 1.807) is 0 Å². The zero-order valence-corrected chi connectivity index (χ0v) is 30.3. The molecule has 10 rings (SSSR count). The maximum Gasteiger partial charge on any atom is 0.0546 e. The molecule has 0 aliphatic carbocycles. The fraction of sp³-hybridized carbons (Fsp3) is 0. The van der Waals surface area contributed by atoms with Crippen LogP contribution in [0.15, 0.2) is 224 Å². The minimum absolute atomic E-state index is 1.09. The second-order valence-electron chi connectivity index (χ2n) is 14.1. The van der Waals surface area contributed by atoms with Crippen LogP contribution >= 0.6 is 0 Å². The molecule has 258 valence electrons. The summed E-state index contributed by atoms with van der Waals surface area (Å²) >= 11 is 0. The standard InChI is InChI=1S/C54H37N/c1-3-17-38(18-4-1)41-33-34-47(40-19-5-2-6-20-40)54(37-41)55(53-32-14-13-30-51(53)49-31-16-23-39-21-7-9-26-45(39)49)44-25-15-24-42(35-44)52-36-43-22-8-10-27-46(43)48-28-11-12-29-50(48)52/h1-37H. The summed E-state index contributed by atoms with van der Waals surface area (Å²) in [7, 11) is 0. The molecule has 0 atom stereocenters. The molecular formula is C54H37N. The Hall–Kier alpha value is -7.22. The molecule has 0 N–H and O–H groups in total. The van der Waals surface area contributed by atoms with Gasteiger partial charge in [-0.05, 0) is 96.0 Å². The third-order valence-electron chi connectivity index (χ3n) is 10.8. The lowest BCUT2D eigenvalue weighted by Gasteiger charge is -2.31. The van der Waals surface area contributed by atoms with Gasteiger partial charge in [0.15, 0.2) is 0 Å². The summed E-state index contributed by atoms with van der Waals surface area (Å²) in [5.41, 5.74) is 12.8. The summed E-state index contributed by atoms with van der Waals surface area (Å²) in [6.45, 7) is 0. The van der Waals surface area contributed by atoms with Gasteiger partial charge in [-0.2, -0.15) is 0 Å². The van der Waals surface area contributed by atoms with E-state index in [0.29, 0.717) is 0 Å². The van der Waals surface area contributed by atoms with Crippen molar-refractivity contribution in [3.05, 3.63) is 224 Å². The van der Waals surface area contributed by atoms with Gasteiger partial charge in [0, 0.05) is 16.8 Å². The van der Waals surface area contributed by atoms with Gasteiger partial charge in [0.05, 0.1) is 11.4 Å². The van der Waals surface area contributed by atoms with E-state index in [2.05, 4.69) is 229 Å². The Balaban J connectivity index is 1.27. The minimum atomic E-state index is 1.09. The monoisotopic (exact) mass is 699 g/mol. The SMILES string of the molecule is c1ccc(-c2ccc(-c3ccccc3)c(N(c3cccc(-c4cc5ccccc5c5ccccc45)c3)c3ccccc3-c3cccc4ccccc34)c2)cc1. The number of hydrogen-bond acceptors (Lipinski definition) is 1. The van der Waals surface area contributed by atoms with E-state index in [0.717, 1.165) is 22.6 Å². The highest BCUT2D eigenvalue weighted by Gasteiger charge is 2.23. The Morgan fingerprint density at radius 1 is 0.236 bits per heavy atom. The largest absolute Gasteiger partial charge is 0.309 e. The molecule has 0 aliphatic rings. The fourth-order valence-corrected chi connectivity index (χ4v) is 8.26. The molecule has 0 aromatic heterocycles. The van der Waals surface area contributed by atoms with E-state index in [-0.39, 0.29) is 0 Å². The summed E-state index contributed by atoms with van der Waals surface area (Å²) < 4.78 is 0. The van der Waals surface area contributed by atoms with Gasteiger partial charge in [-0.25, -0.2) is 0 Å². The van der Waals surface area contributed by atoms with E-state index in [1.807, 2.05) is 0 Å². The highest BCUT2D eigenvalue weighted by atomic mass is 15.1. The highest BCUT2D eigenvalue weighted by molar-refractivity contribution is 6.14. The van der Waals surface area contributed by atoms with Crippen LogP contribution in [-0.2, 0) is 0 Å². The van der Waals surface area contributed by atoms with Gasteiger partial charge < -0.3 is 4.90 Å². The van der Waals surface area contributed by atoms with Gasteiger partial charge in [0.1, 0.15) is 0 Å². The third-order valence-corrected chi connectivity index (χ3v) is 10.8. The Morgan fingerprint density at radius 3 is 1.64 bits per heavy atom. The Labute approximate surface area is 322 Å². The Bertz CT molecular complexity index is 2980. The normalized spacial score (nSPS) is 11.3. The zero-order valence-electron chi connectivity index (χ0n) is 30.3. The predicted molar refractivity (Wildman–Crippen MR) is 235 cm³/mol. The van der Waals surface area contributed by atoms with Crippen molar-refractivity contribution in [2.75, 3.05) is 4.90 Å². The lowest BCUT2D eigenvalue weighted by Crippen LogP contribution is -2.13. The van der Waals surface area contributed by atoms with Crippen molar-refractivity contribution in [1.82, 2.24) is 0 Å². The first-order chi connectivity index (χ1) is 27.3. The van der Waals surface area contributed by atoms with Crippen LogP contribution in [0.3, 0.4) is 0 Å². The molecule has 55 heavy (non-hydrogen) atoms. The smallest absolute Gasteiger partial charge is 0.0546 e. The van der Waals surface area contributed by atoms with Crippen molar-refractivity contribution in [1.29, 1.82) is 0 Å². The maximum absolute atomic E-state index is 2.48. The summed E-state index contributed by atoms with van der Waals surface area (Å²) in [6, 6.07) is 81.6. The number of para-hydroxylation sites is 1. The number of nitrogens with zero attached hydrogens (tertiary/aromatic N) is 1. The fourth-order valence-electron chi connectivity index (χ4n) is 8.26. The minimum Gasteiger partial charge on any atom is -0.309 e. The van der Waals surface area contributed by atoms with Gasteiger partial charge in [0.25, 0.3) is 0 Å². The molecule has 0 amide bonds.